The largest absolute Gasteiger partial charge is 0.495 e. The zero-order chi connectivity index (χ0) is 13.9. The Bertz CT molecular complexity index is 420. The second-order valence-electron chi connectivity index (χ2n) is 3.67. The van der Waals surface area contributed by atoms with Gasteiger partial charge in [-0.05, 0) is 6.92 Å². The maximum absolute atomic E-state index is 13.6. The van der Waals surface area contributed by atoms with Gasteiger partial charge in [-0.1, -0.05) is 0 Å². The lowest BCUT2D eigenvalue weighted by molar-refractivity contribution is -0.119. The number of ether oxygens (including phenoxy) is 1. The van der Waals surface area contributed by atoms with E-state index < -0.39 is 18.5 Å². The van der Waals surface area contributed by atoms with Crippen LogP contribution in [0.3, 0.4) is 0 Å². The molecule has 18 heavy (non-hydrogen) atoms. The van der Waals surface area contributed by atoms with Crippen molar-refractivity contribution in [3.63, 3.8) is 0 Å². The van der Waals surface area contributed by atoms with Gasteiger partial charge in [0.25, 0.3) is 0 Å². The molecule has 0 heterocycles. The zero-order valence-corrected chi connectivity index (χ0v) is 10.0. The molecule has 102 valence electrons. The molecule has 1 aromatic carbocycles. The number of rotatable bonds is 4. The van der Waals surface area contributed by atoms with E-state index in [1.807, 2.05) is 0 Å². The van der Waals surface area contributed by atoms with Gasteiger partial charge in [0, 0.05) is 18.7 Å². The molecule has 0 spiro atoms. The third-order valence-corrected chi connectivity index (χ3v) is 2.39. The average Bonchev–Trinajstić information content (AvgIpc) is 2.25. The third-order valence-electron chi connectivity index (χ3n) is 2.39. The summed E-state index contributed by atoms with van der Waals surface area (Å²) in [6.45, 7) is 0.297. The van der Waals surface area contributed by atoms with Crippen molar-refractivity contribution in [1.82, 2.24) is 0 Å². The first-order valence-corrected chi connectivity index (χ1v) is 5.23. The molecule has 0 aromatic heterocycles. The van der Waals surface area contributed by atoms with Gasteiger partial charge in [-0.3, -0.25) is 0 Å². The molecule has 0 aliphatic rings. The molecule has 2 N–H and O–H groups in total. The minimum atomic E-state index is -4.41. The second kappa shape index (κ2) is 5.32. The van der Waals surface area contributed by atoms with Crippen molar-refractivity contribution in [1.29, 1.82) is 0 Å². The minimum absolute atomic E-state index is 0.0174. The van der Waals surface area contributed by atoms with E-state index in [2.05, 4.69) is 0 Å². The van der Waals surface area contributed by atoms with Gasteiger partial charge in [0.05, 0.1) is 18.5 Å². The SMILES string of the molecule is CCN(CC(F)(F)F)c1cc(OC)c(N)cc1F. The summed E-state index contributed by atoms with van der Waals surface area (Å²) in [6.07, 6.45) is -4.41. The summed E-state index contributed by atoms with van der Waals surface area (Å²) in [6, 6.07) is 2.12. The Morgan fingerprint density at radius 1 is 1.33 bits per heavy atom. The number of methoxy groups -OCH3 is 1. The van der Waals surface area contributed by atoms with Crippen LogP contribution in [-0.2, 0) is 0 Å². The van der Waals surface area contributed by atoms with E-state index >= 15 is 0 Å². The molecule has 3 nitrogen and oxygen atoms in total. The molecule has 0 bridgehead atoms. The Hall–Kier alpha value is -1.66. The van der Waals surface area contributed by atoms with Gasteiger partial charge in [-0.15, -0.1) is 0 Å². The van der Waals surface area contributed by atoms with Crippen LogP contribution in [0.5, 0.6) is 5.75 Å². The third kappa shape index (κ3) is 3.41. The molecule has 0 unspecified atom stereocenters. The Labute approximate surface area is 102 Å². The predicted molar refractivity (Wildman–Crippen MR) is 61.3 cm³/mol. The van der Waals surface area contributed by atoms with E-state index in [9.17, 15) is 17.6 Å². The fraction of sp³-hybridized carbons (Fsp3) is 0.455. The quantitative estimate of drug-likeness (QED) is 0.672. The summed E-state index contributed by atoms with van der Waals surface area (Å²) in [5.74, 6) is -0.661. The highest BCUT2D eigenvalue weighted by atomic mass is 19.4. The highest BCUT2D eigenvalue weighted by Crippen LogP contribution is 2.32. The fourth-order valence-corrected chi connectivity index (χ4v) is 1.56. The molecule has 7 heteroatoms. The Kier molecular flexibility index (Phi) is 4.26. The first kappa shape index (κ1) is 14.4. The Balaban J connectivity index is 3.13. The van der Waals surface area contributed by atoms with Crippen LogP contribution in [0.2, 0.25) is 0 Å². The lowest BCUT2D eigenvalue weighted by atomic mass is 10.2. The van der Waals surface area contributed by atoms with Gasteiger partial charge in [-0.25, -0.2) is 4.39 Å². The molecule has 0 aliphatic heterocycles. The maximum atomic E-state index is 13.6. The summed E-state index contributed by atoms with van der Waals surface area (Å²) in [5, 5.41) is 0. The van der Waals surface area contributed by atoms with Crippen LogP contribution in [0.4, 0.5) is 28.9 Å². The van der Waals surface area contributed by atoms with Crippen LogP contribution in [0.1, 0.15) is 6.92 Å². The van der Waals surface area contributed by atoms with Crippen molar-refractivity contribution in [2.24, 2.45) is 0 Å². The number of halogens is 4. The summed E-state index contributed by atoms with van der Waals surface area (Å²) in [4.78, 5) is 0.872. The number of hydrogen-bond donors (Lipinski definition) is 1. The van der Waals surface area contributed by atoms with Crippen molar-refractivity contribution in [3.8, 4) is 5.75 Å². The summed E-state index contributed by atoms with van der Waals surface area (Å²) in [5.41, 5.74) is 5.33. The first-order chi connectivity index (χ1) is 8.28. The van der Waals surface area contributed by atoms with Gasteiger partial charge >= 0.3 is 6.18 Å². The van der Waals surface area contributed by atoms with Crippen LogP contribution < -0.4 is 15.4 Å². The van der Waals surface area contributed by atoms with E-state index in [0.29, 0.717) is 0 Å². The Morgan fingerprint density at radius 2 is 1.94 bits per heavy atom. The number of anilines is 2. The molecule has 0 aliphatic carbocycles. The highest BCUT2D eigenvalue weighted by Gasteiger charge is 2.31. The van der Waals surface area contributed by atoms with E-state index in [1.165, 1.54) is 20.1 Å². The normalized spacial score (nSPS) is 11.4. The molecule has 1 aromatic rings. The maximum Gasteiger partial charge on any atom is 0.405 e. The molecule has 0 fully saturated rings. The van der Waals surface area contributed by atoms with E-state index in [4.69, 9.17) is 10.5 Å². The fourth-order valence-electron chi connectivity index (χ4n) is 1.56. The molecule has 0 atom stereocenters. The lowest BCUT2D eigenvalue weighted by Crippen LogP contribution is -2.34. The topological polar surface area (TPSA) is 38.5 Å². The van der Waals surface area contributed by atoms with Crippen LogP contribution in [-0.4, -0.2) is 26.4 Å². The van der Waals surface area contributed by atoms with E-state index in [0.717, 1.165) is 11.0 Å². The molecular weight excluding hydrogens is 252 g/mol. The van der Waals surface area contributed by atoms with Crippen molar-refractivity contribution in [2.75, 3.05) is 30.8 Å². The van der Waals surface area contributed by atoms with Gasteiger partial charge in [0.15, 0.2) is 0 Å². The summed E-state index contributed by atoms with van der Waals surface area (Å²) in [7, 11) is 1.31. The summed E-state index contributed by atoms with van der Waals surface area (Å²) < 4.78 is 55.6. The van der Waals surface area contributed by atoms with E-state index in [1.54, 1.807) is 0 Å². The van der Waals surface area contributed by atoms with Crippen molar-refractivity contribution < 1.29 is 22.3 Å². The monoisotopic (exact) mass is 266 g/mol. The average molecular weight is 266 g/mol. The second-order valence-corrected chi connectivity index (χ2v) is 3.67. The Morgan fingerprint density at radius 3 is 2.39 bits per heavy atom. The van der Waals surface area contributed by atoms with Gasteiger partial charge in [0.2, 0.25) is 0 Å². The first-order valence-electron chi connectivity index (χ1n) is 5.23. The molecule has 0 saturated carbocycles. The molecule has 0 amide bonds. The standard InChI is InChI=1S/C11H14F4N2O/c1-3-17(6-11(13,14)15)9-5-10(18-2)8(16)4-7(9)12/h4-5H,3,6,16H2,1-2H3. The number of nitrogens with two attached hydrogens (primary N) is 1. The van der Waals surface area contributed by atoms with Gasteiger partial charge in [0.1, 0.15) is 18.1 Å². The highest BCUT2D eigenvalue weighted by molar-refractivity contribution is 5.63. The van der Waals surface area contributed by atoms with E-state index in [-0.39, 0.29) is 23.7 Å². The van der Waals surface area contributed by atoms with Crippen LogP contribution in [0, 0.1) is 5.82 Å². The summed E-state index contributed by atoms with van der Waals surface area (Å²) >= 11 is 0. The smallest absolute Gasteiger partial charge is 0.405 e. The predicted octanol–water partition coefficient (Wildman–Crippen LogP) is 2.81. The van der Waals surface area contributed by atoms with Crippen LogP contribution >= 0.6 is 0 Å². The van der Waals surface area contributed by atoms with Gasteiger partial charge in [-0.2, -0.15) is 13.2 Å². The minimum Gasteiger partial charge on any atom is -0.495 e. The molecular formula is C11H14F4N2O. The number of nitrogens with zero attached hydrogens (tertiary/aromatic N) is 1. The van der Waals surface area contributed by atoms with Crippen molar-refractivity contribution >= 4 is 11.4 Å². The van der Waals surface area contributed by atoms with Crippen molar-refractivity contribution in [2.45, 2.75) is 13.1 Å². The molecule has 0 radical (unpaired) electrons. The van der Waals surface area contributed by atoms with Crippen LogP contribution in [0.25, 0.3) is 0 Å². The lowest BCUT2D eigenvalue weighted by Gasteiger charge is -2.25. The molecule has 0 saturated heterocycles. The van der Waals surface area contributed by atoms with Crippen LogP contribution in [0.15, 0.2) is 12.1 Å². The number of benzene rings is 1. The number of alkyl halides is 3. The van der Waals surface area contributed by atoms with Crippen molar-refractivity contribution in [3.05, 3.63) is 17.9 Å². The number of hydrogen-bond acceptors (Lipinski definition) is 3. The molecule has 1 rings (SSSR count). The van der Waals surface area contributed by atoms with Gasteiger partial charge < -0.3 is 15.4 Å². The number of nitrogen functional groups attached to an aromatic ring is 1. The zero-order valence-electron chi connectivity index (χ0n) is 10.0.